The smallest absolute Gasteiger partial charge is 0.338 e. The fraction of sp³-hybridized carbons (Fsp3) is 0.618. The van der Waals surface area contributed by atoms with Gasteiger partial charge in [0.1, 0.15) is 23.9 Å². The molecule has 0 amide bonds. The first-order chi connectivity index (χ1) is 21.1. The molecule has 4 fully saturated rings. The topological polar surface area (TPSA) is 147 Å². The minimum atomic E-state index is -1.97. The number of hydrogen-bond donors (Lipinski definition) is 2. The molecule has 0 spiro atoms. The summed E-state index contributed by atoms with van der Waals surface area (Å²) < 4.78 is 37.8. The van der Waals surface area contributed by atoms with Gasteiger partial charge < -0.3 is 38.6 Å². The third kappa shape index (κ3) is 4.46. The summed E-state index contributed by atoms with van der Waals surface area (Å²) in [6, 6.07) is 8.39. The molecule has 11 nitrogen and oxygen atoms in total. The molecule has 2 saturated heterocycles. The van der Waals surface area contributed by atoms with Crippen LogP contribution >= 0.6 is 0 Å². The Morgan fingerprint density at radius 2 is 1.71 bits per heavy atom. The summed E-state index contributed by atoms with van der Waals surface area (Å²) >= 11 is 0. The SMILES string of the molecule is C=C[C@@H]1O[C@H]2CC3OC[C@@]3(OC(C)=O)[C@H]3[C@H](OC(=O)c4ccccc4)[C@]4(O)C[C@H](O)C(C)=C([C@H](OC(C)=O)[C@H](O1)[C@]23C)C4(C)C. The Bertz CT molecular complexity index is 1440. The summed E-state index contributed by atoms with van der Waals surface area (Å²) in [6.07, 6.45) is -5.32. The van der Waals surface area contributed by atoms with Crippen LogP contribution in [0.3, 0.4) is 0 Å². The average molecular weight is 627 g/mol. The van der Waals surface area contributed by atoms with Crippen molar-refractivity contribution in [1.82, 2.24) is 0 Å². The first-order valence-electron chi connectivity index (χ1n) is 15.4. The van der Waals surface area contributed by atoms with Crippen LogP contribution in [0.2, 0.25) is 0 Å². The molecule has 2 N–H and O–H groups in total. The number of esters is 3. The number of hydrogen-bond acceptors (Lipinski definition) is 11. The second-order valence-electron chi connectivity index (χ2n) is 13.8. The molecule has 2 bridgehead atoms. The van der Waals surface area contributed by atoms with Crippen LogP contribution in [0.4, 0.5) is 0 Å². The molecule has 2 saturated carbocycles. The molecule has 11 atom stereocenters. The Labute approximate surface area is 262 Å². The van der Waals surface area contributed by atoms with Crippen molar-refractivity contribution >= 4 is 17.9 Å². The predicted octanol–water partition coefficient (Wildman–Crippen LogP) is 3.02. The van der Waals surface area contributed by atoms with Crippen molar-refractivity contribution in [3.63, 3.8) is 0 Å². The van der Waals surface area contributed by atoms with E-state index in [4.69, 9.17) is 28.4 Å². The van der Waals surface area contributed by atoms with Crippen molar-refractivity contribution < 1.29 is 53.0 Å². The first-order valence-corrected chi connectivity index (χ1v) is 15.4. The van der Waals surface area contributed by atoms with E-state index in [1.807, 2.05) is 6.92 Å². The summed E-state index contributed by atoms with van der Waals surface area (Å²) in [6.45, 7) is 13.6. The van der Waals surface area contributed by atoms with Gasteiger partial charge in [-0.25, -0.2) is 4.79 Å². The number of carbonyl (C=O) groups excluding carboxylic acids is 3. The summed E-state index contributed by atoms with van der Waals surface area (Å²) in [7, 11) is 0. The lowest BCUT2D eigenvalue weighted by Crippen LogP contribution is -2.83. The van der Waals surface area contributed by atoms with E-state index in [1.165, 1.54) is 19.9 Å². The Morgan fingerprint density at radius 3 is 2.29 bits per heavy atom. The van der Waals surface area contributed by atoms with E-state index >= 15 is 0 Å². The van der Waals surface area contributed by atoms with E-state index < -0.39 is 88.8 Å². The Balaban J connectivity index is 1.68. The molecule has 3 aliphatic carbocycles. The second-order valence-corrected chi connectivity index (χ2v) is 13.8. The van der Waals surface area contributed by atoms with Gasteiger partial charge in [0.25, 0.3) is 0 Å². The van der Waals surface area contributed by atoms with E-state index in [0.29, 0.717) is 11.1 Å². The average Bonchev–Trinajstić information content (AvgIpc) is 2.96. The monoisotopic (exact) mass is 626 g/mol. The van der Waals surface area contributed by atoms with Crippen molar-refractivity contribution in [1.29, 1.82) is 0 Å². The highest BCUT2D eigenvalue weighted by Crippen LogP contribution is 2.67. The molecular formula is C34H42O11. The molecule has 244 valence electrons. The van der Waals surface area contributed by atoms with E-state index in [2.05, 4.69) is 6.58 Å². The molecule has 5 aliphatic rings. The summed E-state index contributed by atoms with van der Waals surface area (Å²) in [5.74, 6) is -2.89. The Morgan fingerprint density at radius 1 is 1.02 bits per heavy atom. The zero-order valence-electron chi connectivity index (χ0n) is 26.5. The fourth-order valence-corrected chi connectivity index (χ4v) is 8.97. The van der Waals surface area contributed by atoms with Gasteiger partial charge in [0.15, 0.2) is 18.0 Å². The molecule has 0 radical (unpaired) electrons. The van der Waals surface area contributed by atoms with Gasteiger partial charge in [-0.15, -0.1) is 0 Å². The summed E-state index contributed by atoms with van der Waals surface area (Å²) in [4.78, 5) is 39.6. The maximum atomic E-state index is 13.9. The molecule has 0 aromatic heterocycles. The van der Waals surface area contributed by atoms with E-state index in [0.717, 1.165) is 0 Å². The van der Waals surface area contributed by atoms with Gasteiger partial charge in [-0.1, -0.05) is 45.5 Å². The fourth-order valence-electron chi connectivity index (χ4n) is 8.97. The first kappa shape index (κ1) is 31.9. The maximum absolute atomic E-state index is 13.9. The lowest BCUT2D eigenvalue weighted by atomic mass is 9.44. The van der Waals surface area contributed by atoms with Crippen LogP contribution < -0.4 is 0 Å². The predicted molar refractivity (Wildman–Crippen MR) is 157 cm³/mol. The van der Waals surface area contributed by atoms with Gasteiger partial charge in [0, 0.05) is 37.5 Å². The van der Waals surface area contributed by atoms with Crippen LogP contribution in [0.1, 0.15) is 64.7 Å². The van der Waals surface area contributed by atoms with E-state index in [1.54, 1.807) is 51.1 Å². The third-order valence-corrected chi connectivity index (χ3v) is 11.1. The van der Waals surface area contributed by atoms with E-state index in [9.17, 15) is 24.6 Å². The van der Waals surface area contributed by atoms with Gasteiger partial charge in [0.2, 0.25) is 0 Å². The highest BCUT2D eigenvalue weighted by Gasteiger charge is 2.79. The lowest BCUT2D eigenvalue weighted by Gasteiger charge is -2.71. The zero-order valence-corrected chi connectivity index (χ0v) is 26.5. The van der Waals surface area contributed by atoms with Crippen molar-refractivity contribution in [3.8, 4) is 0 Å². The van der Waals surface area contributed by atoms with E-state index in [-0.39, 0.29) is 25.0 Å². The number of fused-ring (bicyclic) bond motifs is 4. The van der Waals surface area contributed by atoms with Crippen LogP contribution in [0.25, 0.3) is 0 Å². The molecule has 6 rings (SSSR count). The molecule has 2 aliphatic heterocycles. The number of benzene rings is 1. The van der Waals surface area contributed by atoms with Crippen LogP contribution in [-0.4, -0.2) is 88.8 Å². The number of aliphatic hydroxyl groups is 2. The van der Waals surface area contributed by atoms with Crippen LogP contribution in [0, 0.1) is 16.7 Å². The lowest BCUT2D eigenvalue weighted by molar-refractivity contribution is -0.405. The zero-order chi connectivity index (χ0) is 32.7. The summed E-state index contributed by atoms with van der Waals surface area (Å²) in [5, 5.41) is 24.7. The molecule has 1 unspecified atom stereocenters. The standard InChI is InChI=1S/C34H42O11/c1-8-24-42-22-14-23-33(16-40-23,45-19(4)36)27-29(44-30(38)20-12-10-9-11-13-20)34(39)15-21(37)17(2)25(31(34,5)6)26(41-18(3)35)28(43-24)32(22,27)7/h8-13,21-24,26-29,37,39H,1,14-16H2,2-7H3/t21-,22-,23?,24+,26-,27-,28-,29-,32+,33-,34+/m0/s1. The molecule has 2 heterocycles. The minimum Gasteiger partial charge on any atom is -0.455 e. The number of carbonyl (C=O) groups is 3. The van der Waals surface area contributed by atoms with Crippen molar-refractivity contribution in [3.05, 3.63) is 59.7 Å². The van der Waals surface area contributed by atoms with Gasteiger partial charge in [0.05, 0.1) is 30.3 Å². The number of rotatable bonds is 5. The minimum absolute atomic E-state index is 0.0414. The molecule has 11 heteroatoms. The molecule has 45 heavy (non-hydrogen) atoms. The number of ether oxygens (including phenoxy) is 6. The number of aliphatic hydroxyl groups excluding tert-OH is 1. The summed E-state index contributed by atoms with van der Waals surface area (Å²) in [5.41, 5.74) is -4.60. The van der Waals surface area contributed by atoms with Crippen LogP contribution in [0.5, 0.6) is 0 Å². The molecule has 1 aromatic rings. The van der Waals surface area contributed by atoms with Crippen molar-refractivity contribution in [2.24, 2.45) is 16.7 Å². The van der Waals surface area contributed by atoms with Gasteiger partial charge in [-0.05, 0) is 36.3 Å². The van der Waals surface area contributed by atoms with Gasteiger partial charge >= 0.3 is 17.9 Å². The van der Waals surface area contributed by atoms with Crippen LogP contribution in [0.15, 0.2) is 54.1 Å². The third-order valence-electron chi connectivity index (χ3n) is 11.1. The normalized spacial score (nSPS) is 42.8. The second kappa shape index (κ2) is 10.7. The quantitative estimate of drug-likeness (QED) is 0.282. The van der Waals surface area contributed by atoms with Crippen molar-refractivity contribution in [2.45, 2.75) is 108 Å². The molecular weight excluding hydrogens is 584 g/mol. The van der Waals surface area contributed by atoms with Gasteiger partial charge in [-0.3, -0.25) is 9.59 Å². The van der Waals surface area contributed by atoms with Crippen LogP contribution in [-0.2, 0) is 38.0 Å². The van der Waals surface area contributed by atoms with Gasteiger partial charge in [-0.2, -0.15) is 0 Å². The maximum Gasteiger partial charge on any atom is 0.338 e. The molecule has 1 aromatic carbocycles. The van der Waals surface area contributed by atoms with Crippen molar-refractivity contribution in [2.75, 3.05) is 6.61 Å². The highest BCUT2D eigenvalue weighted by molar-refractivity contribution is 5.89. The largest absolute Gasteiger partial charge is 0.455 e. The Hall–Kier alpha value is -3.09. The Kier molecular flexibility index (Phi) is 7.60. The highest BCUT2D eigenvalue weighted by atomic mass is 16.7.